The first kappa shape index (κ1) is 14.2. The Bertz CT molecular complexity index is 701. The summed E-state index contributed by atoms with van der Waals surface area (Å²) in [5.41, 5.74) is 0. The van der Waals surface area contributed by atoms with Crippen molar-refractivity contribution in [3.63, 3.8) is 0 Å². The summed E-state index contributed by atoms with van der Waals surface area (Å²) in [4.78, 5) is 25.4. The van der Waals surface area contributed by atoms with E-state index in [4.69, 9.17) is 0 Å². The highest BCUT2D eigenvalue weighted by atomic mass is 16.2. The van der Waals surface area contributed by atoms with Crippen molar-refractivity contribution in [2.45, 2.75) is 19.8 Å². The lowest BCUT2D eigenvalue weighted by Crippen LogP contribution is -2.49. The number of carbonyl (C=O) groups is 1. The molecular formula is C16H20N6O. The summed E-state index contributed by atoms with van der Waals surface area (Å²) in [7, 11) is 0. The number of amides is 1. The van der Waals surface area contributed by atoms with Crippen LogP contribution in [-0.4, -0.2) is 56.7 Å². The second-order valence-electron chi connectivity index (χ2n) is 6.17. The molecule has 0 atom stereocenters. The van der Waals surface area contributed by atoms with E-state index in [1.54, 1.807) is 10.9 Å². The lowest BCUT2D eigenvalue weighted by atomic mass is 10.2. The lowest BCUT2D eigenvalue weighted by molar-refractivity contribution is -0.132. The first-order chi connectivity index (χ1) is 11.2. The molecule has 2 aromatic heterocycles. The van der Waals surface area contributed by atoms with Crippen LogP contribution in [0.15, 0.2) is 24.5 Å². The third kappa shape index (κ3) is 2.91. The summed E-state index contributed by atoms with van der Waals surface area (Å²) < 4.78 is 1.74. The van der Waals surface area contributed by atoms with Gasteiger partial charge in [-0.3, -0.25) is 4.79 Å². The van der Waals surface area contributed by atoms with Crippen LogP contribution in [0.2, 0.25) is 0 Å². The van der Waals surface area contributed by atoms with Crippen LogP contribution < -0.4 is 4.90 Å². The third-order valence-electron chi connectivity index (χ3n) is 4.39. The summed E-state index contributed by atoms with van der Waals surface area (Å²) in [6.07, 6.45) is 5.74. The Kier molecular flexibility index (Phi) is 3.48. The van der Waals surface area contributed by atoms with Gasteiger partial charge in [0.15, 0.2) is 5.82 Å². The minimum atomic E-state index is 0.300. The fourth-order valence-corrected chi connectivity index (χ4v) is 2.96. The van der Waals surface area contributed by atoms with Gasteiger partial charge in [0.25, 0.3) is 0 Å². The van der Waals surface area contributed by atoms with E-state index < -0.39 is 0 Å². The molecule has 4 rings (SSSR count). The van der Waals surface area contributed by atoms with Crippen LogP contribution in [-0.2, 0) is 4.79 Å². The van der Waals surface area contributed by atoms with E-state index in [2.05, 4.69) is 20.0 Å². The monoisotopic (exact) mass is 312 g/mol. The maximum absolute atomic E-state index is 12.1. The highest BCUT2D eigenvalue weighted by Gasteiger charge is 2.34. The molecule has 7 heteroatoms. The summed E-state index contributed by atoms with van der Waals surface area (Å²) in [6, 6.07) is 3.83. The van der Waals surface area contributed by atoms with Crippen molar-refractivity contribution in [2.24, 2.45) is 5.92 Å². The number of aryl methyl sites for hydroxylation is 1. The molecule has 0 bridgehead atoms. The van der Waals surface area contributed by atoms with Gasteiger partial charge in [0.05, 0.1) is 0 Å². The maximum atomic E-state index is 12.1. The fraction of sp³-hybridized carbons (Fsp3) is 0.500. The van der Waals surface area contributed by atoms with Gasteiger partial charge in [0, 0.05) is 50.6 Å². The molecule has 1 amide bonds. The number of hydrogen-bond donors (Lipinski definition) is 0. The lowest BCUT2D eigenvalue weighted by Gasteiger charge is -2.35. The fourth-order valence-electron chi connectivity index (χ4n) is 2.96. The molecule has 120 valence electrons. The number of anilines is 1. The maximum Gasteiger partial charge on any atom is 0.225 e. The molecule has 1 saturated heterocycles. The van der Waals surface area contributed by atoms with Crippen molar-refractivity contribution in [1.29, 1.82) is 0 Å². The van der Waals surface area contributed by atoms with Gasteiger partial charge in [-0.2, -0.15) is 5.10 Å². The van der Waals surface area contributed by atoms with Crippen LogP contribution in [0.5, 0.6) is 0 Å². The first-order valence-electron chi connectivity index (χ1n) is 8.10. The van der Waals surface area contributed by atoms with E-state index in [9.17, 15) is 4.79 Å². The van der Waals surface area contributed by atoms with Crippen molar-refractivity contribution >= 4 is 11.7 Å². The number of nitrogens with zero attached hydrogens (tertiary/aromatic N) is 6. The van der Waals surface area contributed by atoms with Crippen LogP contribution in [0, 0.1) is 12.8 Å². The van der Waals surface area contributed by atoms with E-state index in [-0.39, 0.29) is 0 Å². The molecule has 0 N–H and O–H groups in total. The summed E-state index contributed by atoms with van der Waals surface area (Å²) in [6.45, 7) is 5.06. The van der Waals surface area contributed by atoms with Gasteiger partial charge >= 0.3 is 0 Å². The number of rotatable bonds is 3. The van der Waals surface area contributed by atoms with Crippen LogP contribution in [0.3, 0.4) is 0 Å². The predicted molar refractivity (Wildman–Crippen MR) is 85.4 cm³/mol. The average Bonchev–Trinajstić information content (AvgIpc) is 3.28. The Morgan fingerprint density at radius 1 is 1.13 bits per heavy atom. The zero-order valence-electron chi connectivity index (χ0n) is 13.2. The Morgan fingerprint density at radius 2 is 1.87 bits per heavy atom. The second-order valence-corrected chi connectivity index (χ2v) is 6.17. The molecule has 0 spiro atoms. The van der Waals surface area contributed by atoms with E-state index in [1.807, 2.05) is 30.2 Å². The van der Waals surface area contributed by atoms with Crippen molar-refractivity contribution in [3.8, 4) is 5.82 Å². The molecule has 7 nitrogen and oxygen atoms in total. The number of carbonyl (C=O) groups excluding carboxylic acids is 1. The molecule has 2 aromatic rings. The van der Waals surface area contributed by atoms with E-state index in [0.717, 1.165) is 56.5 Å². The van der Waals surface area contributed by atoms with Crippen LogP contribution in [0.4, 0.5) is 5.82 Å². The van der Waals surface area contributed by atoms with Gasteiger partial charge < -0.3 is 9.80 Å². The molecule has 1 saturated carbocycles. The van der Waals surface area contributed by atoms with Gasteiger partial charge in [0.2, 0.25) is 5.91 Å². The highest BCUT2D eigenvalue weighted by molar-refractivity contribution is 5.81. The SMILES string of the molecule is Cc1nc(N2CCN(C(=O)C3CC3)CC2)cc(-n2cccn2)n1. The predicted octanol–water partition coefficient (Wildman–Crippen LogP) is 1.03. The Balaban J connectivity index is 1.49. The van der Waals surface area contributed by atoms with Crippen molar-refractivity contribution < 1.29 is 4.79 Å². The normalized spacial score (nSPS) is 18.3. The molecule has 2 fully saturated rings. The van der Waals surface area contributed by atoms with Crippen molar-refractivity contribution in [3.05, 3.63) is 30.4 Å². The first-order valence-corrected chi connectivity index (χ1v) is 8.10. The zero-order valence-corrected chi connectivity index (χ0v) is 13.2. The highest BCUT2D eigenvalue weighted by Crippen LogP contribution is 2.31. The molecule has 0 unspecified atom stereocenters. The molecular weight excluding hydrogens is 292 g/mol. The zero-order chi connectivity index (χ0) is 15.8. The topological polar surface area (TPSA) is 67.2 Å². The average molecular weight is 312 g/mol. The quantitative estimate of drug-likeness (QED) is 0.847. The van der Waals surface area contributed by atoms with Crippen LogP contribution >= 0.6 is 0 Å². The van der Waals surface area contributed by atoms with Crippen molar-refractivity contribution in [1.82, 2.24) is 24.6 Å². The molecule has 23 heavy (non-hydrogen) atoms. The van der Waals surface area contributed by atoms with Crippen LogP contribution in [0.25, 0.3) is 5.82 Å². The Labute approximate surface area is 134 Å². The van der Waals surface area contributed by atoms with Crippen molar-refractivity contribution in [2.75, 3.05) is 31.1 Å². The minimum Gasteiger partial charge on any atom is -0.353 e. The standard InChI is InChI=1S/C16H20N6O/c1-12-18-14(11-15(19-12)22-6-2-5-17-22)20-7-9-21(10-8-20)16(23)13-3-4-13/h2,5-6,11,13H,3-4,7-10H2,1H3. The molecule has 0 aromatic carbocycles. The summed E-state index contributed by atoms with van der Waals surface area (Å²) >= 11 is 0. The van der Waals surface area contributed by atoms with E-state index in [1.165, 1.54) is 0 Å². The van der Waals surface area contributed by atoms with Gasteiger partial charge in [0.1, 0.15) is 11.6 Å². The molecule has 1 aliphatic heterocycles. The summed E-state index contributed by atoms with van der Waals surface area (Å²) in [5, 5.41) is 4.23. The third-order valence-corrected chi connectivity index (χ3v) is 4.39. The molecule has 1 aliphatic carbocycles. The number of piperazine rings is 1. The Hall–Kier alpha value is -2.44. The van der Waals surface area contributed by atoms with Gasteiger partial charge in [-0.1, -0.05) is 0 Å². The number of hydrogen-bond acceptors (Lipinski definition) is 5. The molecule has 3 heterocycles. The van der Waals surface area contributed by atoms with Gasteiger partial charge in [-0.05, 0) is 25.8 Å². The van der Waals surface area contributed by atoms with Gasteiger partial charge in [-0.15, -0.1) is 0 Å². The van der Waals surface area contributed by atoms with E-state index in [0.29, 0.717) is 11.8 Å². The second kappa shape index (κ2) is 5.64. The summed E-state index contributed by atoms with van der Waals surface area (Å²) in [5.74, 6) is 3.04. The molecule has 2 aliphatic rings. The Morgan fingerprint density at radius 3 is 2.52 bits per heavy atom. The molecule has 0 radical (unpaired) electrons. The van der Waals surface area contributed by atoms with E-state index >= 15 is 0 Å². The largest absolute Gasteiger partial charge is 0.353 e. The minimum absolute atomic E-state index is 0.300. The smallest absolute Gasteiger partial charge is 0.225 e. The van der Waals surface area contributed by atoms with Gasteiger partial charge in [-0.25, -0.2) is 14.6 Å². The number of aromatic nitrogens is 4. The van der Waals surface area contributed by atoms with Crippen LogP contribution in [0.1, 0.15) is 18.7 Å².